The molecule has 7 nitrogen and oxygen atoms in total. The van der Waals surface area contributed by atoms with Crippen molar-refractivity contribution >= 4 is 11.5 Å². The Morgan fingerprint density at radius 3 is 2.71 bits per heavy atom. The Balaban J connectivity index is 2.11. The predicted octanol–water partition coefficient (Wildman–Crippen LogP) is 1.36. The van der Waals surface area contributed by atoms with Crippen LogP contribution in [0.25, 0.3) is 0 Å². The minimum Gasteiger partial charge on any atom is -0.396 e. The molecule has 0 unspecified atom stereocenters. The van der Waals surface area contributed by atoms with Crippen LogP contribution in [0.4, 0.5) is 11.5 Å². The molecule has 0 amide bonds. The van der Waals surface area contributed by atoms with Crippen molar-refractivity contribution < 1.29 is 0 Å². The fourth-order valence-corrected chi connectivity index (χ4v) is 2.21. The average Bonchev–Trinajstić information content (AvgIpc) is 2.91. The molecular weight excluding hydrogens is 266 g/mol. The fraction of sp³-hybridized carbons (Fsp3) is 0.429. The summed E-state index contributed by atoms with van der Waals surface area (Å²) in [6.45, 7) is 5.27. The first-order valence-corrected chi connectivity index (χ1v) is 6.99. The van der Waals surface area contributed by atoms with Gasteiger partial charge in [-0.1, -0.05) is 13.8 Å². The Labute approximate surface area is 123 Å². The van der Waals surface area contributed by atoms with Gasteiger partial charge in [0.2, 0.25) is 0 Å². The van der Waals surface area contributed by atoms with Crippen LogP contribution in [0.1, 0.15) is 30.7 Å². The number of nitrogens with zero attached hydrogens (tertiary/aromatic N) is 5. The van der Waals surface area contributed by atoms with Gasteiger partial charge in [-0.05, 0) is 18.4 Å². The van der Waals surface area contributed by atoms with Crippen LogP contribution >= 0.6 is 0 Å². The molecule has 2 rings (SSSR count). The Hall–Kier alpha value is -2.62. The zero-order chi connectivity index (χ0) is 15.2. The molecule has 0 bridgehead atoms. The quantitative estimate of drug-likeness (QED) is 0.830. The molecule has 0 radical (unpaired) electrons. The highest BCUT2D eigenvalue weighted by molar-refractivity contribution is 5.56. The van der Waals surface area contributed by atoms with E-state index in [-0.39, 0.29) is 0 Å². The van der Waals surface area contributed by atoms with E-state index < -0.39 is 0 Å². The number of hydrogen-bond acceptors (Lipinski definition) is 6. The second-order valence-electron chi connectivity index (χ2n) is 4.63. The Bertz CT molecular complexity index is 654. The van der Waals surface area contributed by atoms with Gasteiger partial charge in [0.25, 0.3) is 0 Å². The van der Waals surface area contributed by atoms with Crippen LogP contribution in [-0.4, -0.2) is 26.5 Å². The monoisotopic (exact) mass is 285 g/mol. The molecule has 0 fully saturated rings. The summed E-state index contributed by atoms with van der Waals surface area (Å²) < 4.78 is 1.74. The molecule has 0 saturated carbocycles. The molecule has 0 aliphatic carbocycles. The van der Waals surface area contributed by atoms with Gasteiger partial charge in [0.1, 0.15) is 11.6 Å². The third-order valence-electron chi connectivity index (χ3n) is 3.24. The lowest BCUT2D eigenvalue weighted by Crippen LogP contribution is -2.15. The van der Waals surface area contributed by atoms with Crippen molar-refractivity contribution in [2.45, 2.75) is 33.2 Å². The summed E-state index contributed by atoms with van der Waals surface area (Å²) in [7, 11) is 0. The molecule has 0 saturated heterocycles. The summed E-state index contributed by atoms with van der Waals surface area (Å²) in [5.41, 5.74) is 8.69. The third-order valence-corrected chi connectivity index (χ3v) is 3.24. The second kappa shape index (κ2) is 6.70. The van der Waals surface area contributed by atoms with Crippen LogP contribution < -0.4 is 11.1 Å². The predicted molar refractivity (Wildman–Crippen MR) is 80.6 cm³/mol. The highest BCUT2D eigenvalue weighted by Crippen LogP contribution is 2.19. The lowest BCUT2D eigenvalue weighted by Gasteiger charge is -2.11. The van der Waals surface area contributed by atoms with Crippen LogP contribution in [0.5, 0.6) is 0 Å². The number of nitrogens with one attached hydrogen (secondary N) is 1. The summed E-state index contributed by atoms with van der Waals surface area (Å²) in [6.07, 6.45) is 4.91. The van der Waals surface area contributed by atoms with E-state index in [9.17, 15) is 5.26 Å². The lowest BCUT2D eigenvalue weighted by molar-refractivity contribution is 0.636. The summed E-state index contributed by atoms with van der Waals surface area (Å²) in [5, 5.41) is 25.0. The SMILES string of the molecule is CCc1nnc(NCCn2cc(N)cn2)c(C#N)c1CC. The topological polar surface area (TPSA) is 105 Å². The molecule has 0 spiro atoms. The molecule has 0 aliphatic rings. The molecule has 2 aromatic heterocycles. The Kier molecular flexibility index (Phi) is 4.72. The highest BCUT2D eigenvalue weighted by atomic mass is 15.3. The Morgan fingerprint density at radius 1 is 1.33 bits per heavy atom. The first kappa shape index (κ1) is 14.8. The van der Waals surface area contributed by atoms with Gasteiger partial charge < -0.3 is 11.1 Å². The van der Waals surface area contributed by atoms with E-state index in [1.54, 1.807) is 17.1 Å². The van der Waals surface area contributed by atoms with E-state index in [1.165, 1.54) is 0 Å². The number of hydrogen-bond donors (Lipinski definition) is 2. The highest BCUT2D eigenvalue weighted by Gasteiger charge is 2.13. The third kappa shape index (κ3) is 3.28. The van der Waals surface area contributed by atoms with Crippen LogP contribution in [0.15, 0.2) is 12.4 Å². The number of nitrogen functional groups attached to an aromatic ring is 1. The zero-order valence-corrected chi connectivity index (χ0v) is 12.3. The largest absolute Gasteiger partial charge is 0.396 e. The van der Waals surface area contributed by atoms with Crippen LogP contribution in [-0.2, 0) is 19.4 Å². The van der Waals surface area contributed by atoms with Gasteiger partial charge in [-0.2, -0.15) is 15.5 Å². The van der Waals surface area contributed by atoms with E-state index in [1.807, 2.05) is 13.8 Å². The fourth-order valence-electron chi connectivity index (χ4n) is 2.21. The van der Waals surface area contributed by atoms with E-state index in [4.69, 9.17) is 5.73 Å². The van der Waals surface area contributed by atoms with Crippen molar-refractivity contribution in [2.75, 3.05) is 17.6 Å². The molecule has 0 atom stereocenters. The smallest absolute Gasteiger partial charge is 0.167 e. The van der Waals surface area contributed by atoms with Gasteiger partial charge in [0.15, 0.2) is 5.82 Å². The van der Waals surface area contributed by atoms with Crippen molar-refractivity contribution in [3.8, 4) is 6.07 Å². The molecule has 110 valence electrons. The van der Waals surface area contributed by atoms with Gasteiger partial charge in [0, 0.05) is 12.7 Å². The molecule has 0 aliphatic heterocycles. The molecule has 2 aromatic rings. The molecular formula is C14H19N7. The lowest BCUT2D eigenvalue weighted by atomic mass is 10.0. The molecule has 2 heterocycles. The van der Waals surface area contributed by atoms with E-state index >= 15 is 0 Å². The number of rotatable bonds is 6. The van der Waals surface area contributed by atoms with Gasteiger partial charge in [-0.25, -0.2) is 0 Å². The number of nitrogens with two attached hydrogens (primary N) is 1. The number of anilines is 2. The van der Waals surface area contributed by atoms with Gasteiger partial charge in [0.05, 0.1) is 24.1 Å². The maximum atomic E-state index is 9.38. The van der Waals surface area contributed by atoms with Crippen LogP contribution in [0, 0.1) is 11.3 Å². The summed E-state index contributed by atoms with van der Waals surface area (Å²) in [6, 6.07) is 2.24. The van der Waals surface area contributed by atoms with Gasteiger partial charge in [-0.3, -0.25) is 4.68 Å². The van der Waals surface area contributed by atoms with Crippen molar-refractivity contribution in [2.24, 2.45) is 0 Å². The number of aromatic nitrogens is 4. The minimum atomic E-state index is 0.534. The molecule has 7 heteroatoms. The van der Waals surface area contributed by atoms with Crippen molar-refractivity contribution in [3.05, 3.63) is 29.2 Å². The van der Waals surface area contributed by atoms with E-state index in [2.05, 4.69) is 26.7 Å². The van der Waals surface area contributed by atoms with Crippen LogP contribution in [0.3, 0.4) is 0 Å². The van der Waals surface area contributed by atoms with Gasteiger partial charge in [-0.15, -0.1) is 5.10 Å². The maximum absolute atomic E-state index is 9.38. The molecule has 0 aromatic carbocycles. The average molecular weight is 285 g/mol. The second-order valence-corrected chi connectivity index (χ2v) is 4.63. The number of nitriles is 1. The van der Waals surface area contributed by atoms with Crippen molar-refractivity contribution in [3.63, 3.8) is 0 Å². The maximum Gasteiger partial charge on any atom is 0.167 e. The molecule has 21 heavy (non-hydrogen) atoms. The first-order valence-electron chi connectivity index (χ1n) is 6.99. The van der Waals surface area contributed by atoms with Crippen LogP contribution in [0.2, 0.25) is 0 Å². The molecule has 3 N–H and O–H groups in total. The van der Waals surface area contributed by atoms with Gasteiger partial charge >= 0.3 is 0 Å². The van der Waals surface area contributed by atoms with E-state index in [0.29, 0.717) is 30.2 Å². The normalized spacial score (nSPS) is 10.3. The number of aryl methyl sites for hydroxylation is 1. The summed E-state index contributed by atoms with van der Waals surface area (Å²) in [4.78, 5) is 0. The van der Waals surface area contributed by atoms with Crippen molar-refractivity contribution in [1.82, 2.24) is 20.0 Å². The van der Waals surface area contributed by atoms with Crippen molar-refractivity contribution in [1.29, 1.82) is 5.26 Å². The Morgan fingerprint density at radius 2 is 2.14 bits per heavy atom. The minimum absolute atomic E-state index is 0.534. The first-order chi connectivity index (χ1) is 10.2. The summed E-state index contributed by atoms with van der Waals surface area (Å²) >= 11 is 0. The standard InChI is InChI=1S/C14H19N7/c1-3-11-12(7-15)14(20-19-13(11)4-2)17-5-6-21-9-10(16)8-18-21/h8-9H,3-6,16H2,1-2H3,(H,17,20). The zero-order valence-electron chi connectivity index (χ0n) is 12.3. The van der Waals surface area contributed by atoms with E-state index in [0.717, 1.165) is 24.1 Å². The summed E-state index contributed by atoms with van der Waals surface area (Å²) in [5.74, 6) is 0.534.